The van der Waals surface area contributed by atoms with E-state index in [1.807, 2.05) is 24.3 Å². The number of benzene rings is 8. The van der Waals surface area contributed by atoms with Gasteiger partial charge in [0.15, 0.2) is 6.10 Å². The molecule has 0 spiro atoms. The topological polar surface area (TPSA) is 256 Å². The van der Waals surface area contributed by atoms with E-state index in [1.54, 1.807) is 48.5 Å². The average molecular weight is 1040 g/mol. The third-order valence-corrected chi connectivity index (χ3v) is 11.2. The molecule has 0 radical (unpaired) electrons. The standard InChI is InChI=1S/C27H18N2O8.C25H16N2O7.CH2Cl2/c1-16(30)35-27-25-14-21(36-19-6-2-17(3-7-19)28(31)32)10-12-23(25)24-13-11-22(15-26(24)27)37-20-8-4-18(5-9-20)29(33)34;28-25-23-13-19(33-17-5-1-15(2-6-17)26(29)30)9-11-21(23)22-12-10-20(14-24(22)25)34-18-7-3-16(4-8-18)27(31)32;2-1-3/h2-15,27H,1H3;1-14,25,28H;1H2. The number of nitro groups is 4. The summed E-state index contributed by atoms with van der Waals surface area (Å²) >= 11 is 9.53. The van der Waals surface area contributed by atoms with Gasteiger partial charge in [0.1, 0.15) is 52.1 Å². The van der Waals surface area contributed by atoms with Gasteiger partial charge in [0.2, 0.25) is 0 Å². The van der Waals surface area contributed by atoms with Crippen molar-refractivity contribution in [1.82, 2.24) is 0 Å². The van der Waals surface area contributed by atoms with Gasteiger partial charge in [-0.3, -0.25) is 45.3 Å². The highest BCUT2D eigenvalue weighted by Crippen LogP contribution is 2.49. The second-order valence-corrected chi connectivity index (χ2v) is 16.7. The van der Waals surface area contributed by atoms with E-state index in [1.165, 1.54) is 104 Å². The molecule has 0 saturated carbocycles. The summed E-state index contributed by atoms with van der Waals surface area (Å²) in [4.78, 5) is 53.4. The number of carbonyl (C=O) groups is 1. The van der Waals surface area contributed by atoms with Crippen LogP contribution >= 0.6 is 23.2 Å². The number of aliphatic hydroxyl groups is 1. The molecule has 0 amide bonds. The summed E-state index contributed by atoms with van der Waals surface area (Å²) in [5.74, 6) is 3.17. The first-order valence-corrected chi connectivity index (χ1v) is 22.9. The highest BCUT2D eigenvalue weighted by atomic mass is 35.5. The molecule has 2 aliphatic rings. The lowest BCUT2D eigenvalue weighted by molar-refractivity contribution is -0.385. The van der Waals surface area contributed by atoms with Crippen LogP contribution in [0.15, 0.2) is 170 Å². The summed E-state index contributed by atoms with van der Waals surface area (Å²) < 4.78 is 29.0. The number of rotatable bonds is 13. The van der Waals surface area contributed by atoms with E-state index in [-0.39, 0.29) is 28.1 Å². The van der Waals surface area contributed by atoms with E-state index < -0.39 is 37.9 Å². The third-order valence-electron chi connectivity index (χ3n) is 11.2. The normalized spacial score (nSPS) is 11.7. The van der Waals surface area contributed by atoms with Crippen molar-refractivity contribution >= 4 is 51.9 Å². The Bertz CT molecular complexity index is 3220. The number of nitro benzene ring substituents is 4. The monoisotopic (exact) mass is 1040 g/mol. The van der Waals surface area contributed by atoms with Crippen molar-refractivity contribution in [3.63, 3.8) is 0 Å². The second-order valence-electron chi connectivity index (χ2n) is 15.9. The van der Waals surface area contributed by atoms with Gasteiger partial charge in [-0.15, -0.1) is 23.2 Å². The molecule has 10 rings (SSSR count). The quantitative estimate of drug-likeness (QED) is 0.0487. The minimum Gasteiger partial charge on any atom is -0.457 e. The van der Waals surface area contributed by atoms with Crippen LogP contribution in [-0.2, 0) is 9.53 Å². The molecular formula is C53H36Cl2N4O15. The number of non-ortho nitro benzene ring substituents is 4. The van der Waals surface area contributed by atoms with Crippen LogP contribution in [0.2, 0.25) is 0 Å². The fourth-order valence-electron chi connectivity index (χ4n) is 8.00. The van der Waals surface area contributed by atoms with Crippen LogP contribution in [0.3, 0.4) is 0 Å². The van der Waals surface area contributed by atoms with Crippen molar-refractivity contribution in [2.24, 2.45) is 0 Å². The Hall–Kier alpha value is -9.43. The van der Waals surface area contributed by atoms with E-state index in [2.05, 4.69) is 0 Å². The van der Waals surface area contributed by atoms with Crippen LogP contribution in [0.1, 0.15) is 41.4 Å². The fourth-order valence-corrected chi connectivity index (χ4v) is 8.00. The molecule has 0 fully saturated rings. The fraction of sp³-hybridized carbons (Fsp3) is 0.0755. The Morgan fingerprint density at radius 1 is 0.419 bits per heavy atom. The highest BCUT2D eigenvalue weighted by molar-refractivity contribution is 6.40. The molecular weight excluding hydrogens is 1000 g/mol. The lowest BCUT2D eigenvalue weighted by Crippen LogP contribution is -2.07. The van der Waals surface area contributed by atoms with Crippen LogP contribution in [0, 0.1) is 40.5 Å². The van der Waals surface area contributed by atoms with Crippen molar-refractivity contribution < 1.29 is 53.3 Å². The molecule has 0 saturated heterocycles. The van der Waals surface area contributed by atoms with E-state index in [9.17, 15) is 50.4 Å². The zero-order valence-corrected chi connectivity index (χ0v) is 39.7. The van der Waals surface area contributed by atoms with Crippen LogP contribution in [0.5, 0.6) is 46.0 Å². The zero-order chi connectivity index (χ0) is 52.6. The first-order valence-electron chi connectivity index (χ1n) is 21.8. The molecule has 1 N–H and O–H groups in total. The maximum absolute atomic E-state index is 12.0. The van der Waals surface area contributed by atoms with Gasteiger partial charge >= 0.3 is 5.97 Å². The molecule has 0 bridgehead atoms. The van der Waals surface area contributed by atoms with Gasteiger partial charge in [-0.05, 0) is 130 Å². The van der Waals surface area contributed by atoms with Gasteiger partial charge in [0, 0.05) is 66.6 Å². The average Bonchev–Trinajstić information content (AvgIpc) is 3.83. The number of ether oxygens (including phenoxy) is 5. The number of nitrogens with zero attached hydrogens (tertiary/aromatic N) is 4. The highest BCUT2D eigenvalue weighted by Gasteiger charge is 2.33. The number of carbonyl (C=O) groups excluding carboxylic acids is 1. The summed E-state index contributed by atoms with van der Waals surface area (Å²) in [5.41, 5.74) is 6.08. The number of halogens is 2. The largest absolute Gasteiger partial charge is 0.457 e. The zero-order valence-electron chi connectivity index (χ0n) is 38.2. The van der Waals surface area contributed by atoms with Crippen LogP contribution in [0.25, 0.3) is 22.3 Å². The Kier molecular flexibility index (Phi) is 15.4. The maximum Gasteiger partial charge on any atom is 0.303 e. The van der Waals surface area contributed by atoms with Crippen molar-refractivity contribution in [3.05, 3.63) is 233 Å². The molecule has 0 unspecified atom stereocenters. The number of hydrogen-bond acceptors (Lipinski definition) is 15. The van der Waals surface area contributed by atoms with E-state index in [0.29, 0.717) is 57.1 Å². The second kappa shape index (κ2) is 22.3. The minimum atomic E-state index is -0.897. The lowest BCUT2D eigenvalue weighted by atomic mass is 10.1. The Morgan fingerprint density at radius 2 is 0.635 bits per heavy atom. The summed E-state index contributed by atoms with van der Waals surface area (Å²) in [6.07, 6.45) is -1.60. The molecule has 8 aromatic rings. The van der Waals surface area contributed by atoms with Gasteiger partial charge in [-0.2, -0.15) is 0 Å². The van der Waals surface area contributed by atoms with Crippen molar-refractivity contribution in [1.29, 1.82) is 0 Å². The SMILES string of the molecule is CC(=O)OC1c2cc(Oc3ccc([N+](=O)[O-])cc3)ccc2-c2ccc(Oc3ccc([N+](=O)[O-])cc3)cc21.ClCCl.O=[N+]([O-])c1ccc(Oc2ccc3c(c2)C(O)c2cc(Oc4ccc([N+](=O)[O-])cc4)ccc2-3)cc1. The van der Waals surface area contributed by atoms with Crippen molar-refractivity contribution in [3.8, 4) is 68.2 Å². The summed E-state index contributed by atoms with van der Waals surface area (Å²) in [6.45, 7) is 1.33. The van der Waals surface area contributed by atoms with Crippen molar-refractivity contribution in [2.45, 2.75) is 19.1 Å². The van der Waals surface area contributed by atoms with E-state index in [4.69, 9.17) is 46.9 Å². The van der Waals surface area contributed by atoms with Gasteiger partial charge in [-0.25, -0.2) is 0 Å². The van der Waals surface area contributed by atoms with Crippen LogP contribution in [0.4, 0.5) is 22.7 Å². The first kappa shape index (κ1) is 50.9. The molecule has 0 aromatic heterocycles. The molecule has 74 heavy (non-hydrogen) atoms. The minimum absolute atomic E-state index is 0.0288. The van der Waals surface area contributed by atoms with Gasteiger partial charge in [-0.1, -0.05) is 24.3 Å². The lowest BCUT2D eigenvalue weighted by Gasteiger charge is -2.15. The summed E-state index contributed by atoms with van der Waals surface area (Å²) in [7, 11) is 0. The smallest absolute Gasteiger partial charge is 0.303 e. The van der Waals surface area contributed by atoms with Gasteiger partial charge in [0.25, 0.3) is 22.7 Å². The number of esters is 1. The molecule has 8 aromatic carbocycles. The third kappa shape index (κ3) is 11.7. The van der Waals surface area contributed by atoms with Crippen molar-refractivity contribution in [2.75, 3.05) is 5.34 Å². The molecule has 372 valence electrons. The summed E-state index contributed by atoms with van der Waals surface area (Å²) in [6, 6.07) is 44.4. The number of alkyl halides is 2. The molecule has 2 aliphatic carbocycles. The molecule has 19 nitrogen and oxygen atoms in total. The van der Waals surface area contributed by atoms with Crippen LogP contribution in [-0.4, -0.2) is 36.1 Å². The first-order chi connectivity index (χ1) is 35.6. The molecule has 0 heterocycles. The van der Waals surface area contributed by atoms with E-state index in [0.717, 1.165) is 33.4 Å². The maximum atomic E-state index is 12.0. The Labute approximate surface area is 428 Å². The predicted octanol–water partition coefficient (Wildman–Crippen LogP) is 14.3. The Balaban J connectivity index is 0.000000188. The van der Waals surface area contributed by atoms with E-state index >= 15 is 0 Å². The number of fused-ring (bicyclic) bond motifs is 6. The predicted molar refractivity (Wildman–Crippen MR) is 271 cm³/mol. The molecule has 0 aliphatic heterocycles. The number of aliphatic hydroxyl groups excluding tert-OH is 1. The number of hydrogen-bond donors (Lipinski definition) is 1. The Morgan fingerprint density at radius 3 is 0.865 bits per heavy atom. The summed E-state index contributed by atoms with van der Waals surface area (Å²) in [5, 5.41) is 54.5. The van der Waals surface area contributed by atoms with Crippen LogP contribution < -0.4 is 18.9 Å². The molecule has 0 atom stereocenters. The van der Waals surface area contributed by atoms with Gasteiger partial charge < -0.3 is 28.8 Å². The molecule has 21 heteroatoms. The van der Waals surface area contributed by atoms with Gasteiger partial charge in [0.05, 0.1) is 25.0 Å².